The smallest absolute Gasteiger partial charge is 0.277 e. The normalized spacial score (nSPS) is 20.2. The number of amides is 4. The molecule has 0 aromatic rings. The third kappa shape index (κ3) is 3.29. The standard InChI is InChI=1S/C13H22N2O3S/c1-5-13(9(4)19-7-6-8(2)3)10(16)14-12(18)15-11(13)17/h8-9H,5-7H2,1-4H3,(H2,14,15,16,17,18). The molecule has 1 atom stereocenters. The van der Waals surface area contributed by atoms with Crippen LogP contribution in [0.1, 0.15) is 40.5 Å². The van der Waals surface area contributed by atoms with E-state index in [2.05, 4.69) is 24.5 Å². The molecule has 0 spiro atoms. The number of imide groups is 2. The lowest BCUT2D eigenvalue weighted by Gasteiger charge is -2.37. The Labute approximate surface area is 118 Å². The van der Waals surface area contributed by atoms with Crippen LogP contribution < -0.4 is 10.6 Å². The van der Waals surface area contributed by atoms with Crippen LogP contribution >= 0.6 is 11.8 Å². The van der Waals surface area contributed by atoms with Gasteiger partial charge in [-0.25, -0.2) is 4.79 Å². The van der Waals surface area contributed by atoms with Crippen molar-refractivity contribution in [2.45, 2.75) is 45.8 Å². The second-order valence-corrected chi connectivity index (χ2v) is 6.71. The number of nitrogens with one attached hydrogen (secondary N) is 2. The summed E-state index contributed by atoms with van der Waals surface area (Å²) in [4.78, 5) is 35.3. The Morgan fingerprint density at radius 1 is 1.11 bits per heavy atom. The van der Waals surface area contributed by atoms with Crippen LogP contribution in [0.5, 0.6) is 0 Å². The molecule has 1 unspecified atom stereocenters. The molecule has 0 aliphatic carbocycles. The third-order valence-electron chi connectivity index (χ3n) is 3.58. The fourth-order valence-electron chi connectivity index (χ4n) is 2.16. The first-order valence-corrected chi connectivity index (χ1v) is 7.68. The van der Waals surface area contributed by atoms with Crippen molar-refractivity contribution in [3.05, 3.63) is 0 Å². The molecule has 2 N–H and O–H groups in total. The van der Waals surface area contributed by atoms with Crippen LogP contribution in [0.15, 0.2) is 0 Å². The van der Waals surface area contributed by atoms with Crippen molar-refractivity contribution in [1.29, 1.82) is 0 Å². The molecule has 4 amide bonds. The van der Waals surface area contributed by atoms with Crippen molar-refractivity contribution in [2.75, 3.05) is 5.75 Å². The van der Waals surface area contributed by atoms with E-state index in [-0.39, 0.29) is 5.25 Å². The quantitative estimate of drug-likeness (QED) is 0.731. The number of hydrogen-bond acceptors (Lipinski definition) is 4. The average molecular weight is 286 g/mol. The molecule has 1 fully saturated rings. The van der Waals surface area contributed by atoms with Crippen LogP contribution in [0.4, 0.5) is 4.79 Å². The number of carbonyl (C=O) groups excluding carboxylic acids is 3. The number of urea groups is 1. The summed E-state index contributed by atoms with van der Waals surface area (Å²) in [6.07, 6.45) is 1.42. The molecule has 1 aliphatic heterocycles. The van der Waals surface area contributed by atoms with Gasteiger partial charge in [0.25, 0.3) is 0 Å². The Morgan fingerprint density at radius 2 is 1.63 bits per heavy atom. The second-order valence-electron chi connectivity index (χ2n) is 5.26. The summed E-state index contributed by atoms with van der Waals surface area (Å²) >= 11 is 1.61. The fourth-order valence-corrected chi connectivity index (χ4v) is 3.79. The van der Waals surface area contributed by atoms with Crippen molar-refractivity contribution in [3.8, 4) is 0 Å². The lowest BCUT2D eigenvalue weighted by molar-refractivity contribution is -0.144. The number of rotatable bonds is 6. The molecular formula is C13H22N2O3S. The Morgan fingerprint density at radius 3 is 2.05 bits per heavy atom. The molecule has 1 saturated heterocycles. The van der Waals surface area contributed by atoms with Gasteiger partial charge in [0.2, 0.25) is 11.8 Å². The van der Waals surface area contributed by atoms with Gasteiger partial charge in [-0.05, 0) is 24.5 Å². The topological polar surface area (TPSA) is 75.3 Å². The first kappa shape index (κ1) is 16.0. The van der Waals surface area contributed by atoms with Crippen LogP contribution in [0, 0.1) is 11.3 Å². The van der Waals surface area contributed by atoms with Gasteiger partial charge in [-0.1, -0.05) is 27.7 Å². The molecule has 0 aromatic carbocycles. The number of thioether (sulfide) groups is 1. The van der Waals surface area contributed by atoms with E-state index >= 15 is 0 Å². The molecule has 1 rings (SSSR count). The molecule has 19 heavy (non-hydrogen) atoms. The molecule has 5 nitrogen and oxygen atoms in total. The maximum absolute atomic E-state index is 12.1. The summed E-state index contributed by atoms with van der Waals surface area (Å²) in [5, 5.41) is 4.25. The zero-order valence-corrected chi connectivity index (χ0v) is 12.7. The minimum Gasteiger partial charge on any atom is -0.277 e. The predicted octanol–water partition coefficient (Wildman–Crippen LogP) is 1.92. The van der Waals surface area contributed by atoms with Gasteiger partial charge >= 0.3 is 6.03 Å². The second kappa shape index (κ2) is 6.41. The zero-order chi connectivity index (χ0) is 14.6. The molecule has 1 aliphatic rings. The van der Waals surface area contributed by atoms with E-state index in [0.29, 0.717) is 12.3 Å². The molecule has 1 heterocycles. The monoisotopic (exact) mass is 286 g/mol. The van der Waals surface area contributed by atoms with E-state index in [1.165, 1.54) is 0 Å². The van der Waals surface area contributed by atoms with Crippen LogP contribution in [-0.4, -0.2) is 28.8 Å². The Bertz CT molecular complexity index is 362. The maximum atomic E-state index is 12.1. The van der Waals surface area contributed by atoms with E-state index in [1.807, 2.05) is 6.92 Å². The summed E-state index contributed by atoms with van der Waals surface area (Å²) in [5.41, 5.74) is -1.14. The average Bonchev–Trinajstić information content (AvgIpc) is 2.28. The minimum atomic E-state index is -1.14. The molecule has 0 radical (unpaired) electrons. The van der Waals surface area contributed by atoms with Crippen molar-refractivity contribution in [1.82, 2.24) is 10.6 Å². The summed E-state index contributed by atoms with van der Waals surface area (Å²) in [5.74, 6) is 0.532. The van der Waals surface area contributed by atoms with Crippen molar-refractivity contribution in [2.24, 2.45) is 11.3 Å². The molecule has 6 heteroatoms. The van der Waals surface area contributed by atoms with E-state index in [9.17, 15) is 14.4 Å². The lowest BCUT2D eigenvalue weighted by Crippen LogP contribution is -2.65. The highest BCUT2D eigenvalue weighted by molar-refractivity contribution is 7.99. The van der Waals surface area contributed by atoms with Gasteiger partial charge in [-0.15, -0.1) is 0 Å². The van der Waals surface area contributed by atoms with Crippen LogP contribution in [-0.2, 0) is 9.59 Å². The highest BCUT2D eigenvalue weighted by Gasteiger charge is 2.52. The minimum absolute atomic E-state index is 0.163. The van der Waals surface area contributed by atoms with E-state index < -0.39 is 23.3 Å². The summed E-state index contributed by atoms with van der Waals surface area (Å²) < 4.78 is 0. The zero-order valence-electron chi connectivity index (χ0n) is 11.9. The van der Waals surface area contributed by atoms with Gasteiger partial charge < -0.3 is 0 Å². The fraction of sp³-hybridized carbons (Fsp3) is 0.769. The highest BCUT2D eigenvalue weighted by atomic mass is 32.2. The summed E-state index contributed by atoms with van der Waals surface area (Å²) in [6.45, 7) is 7.96. The molecule has 108 valence electrons. The SMILES string of the molecule is CCC1(C(C)SCCC(C)C)C(=O)NC(=O)NC1=O. The summed E-state index contributed by atoms with van der Waals surface area (Å²) in [6, 6.07) is -0.724. The molecule has 0 saturated carbocycles. The number of hydrogen-bond donors (Lipinski definition) is 2. The molecular weight excluding hydrogens is 264 g/mol. The largest absolute Gasteiger partial charge is 0.328 e. The van der Waals surface area contributed by atoms with Crippen LogP contribution in [0.3, 0.4) is 0 Å². The van der Waals surface area contributed by atoms with Gasteiger partial charge in [-0.3, -0.25) is 20.2 Å². The Kier molecular flexibility index (Phi) is 5.40. The van der Waals surface area contributed by atoms with E-state index in [4.69, 9.17) is 0 Å². The highest BCUT2D eigenvalue weighted by Crippen LogP contribution is 2.37. The first-order chi connectivity index (χ1) is 8.84. The number of carbonyl (C=O) groups is 3. The van der Waals surface area contributed by atoms with Gasteiger partial charge in [0.05, 0.1) is 0 Å². The number of barbiturate groups is 1. The van der Waals surface area contributed by atoms with Gasteiger partial charge in [0, 0.05) is 5.25 Å². The first-order valence-electron chi connectivity index (χ1n) is 6.63. The predicted molar refractivity (Wildman–Crippen MR) is 75.8 cm³/mol. The molecule has 0 bridgehead atoms. The third-order valence-corrected chi connectivity index (χ3v) is 4.95. The van der Waals surface area contributed by atoms with Crippen LogP contribution in [0.25, 0.3) is 0 Å². The van der Waals surface area contributed by atoms with Crippen molar-refractivity contribution >= 4 is 29.6 Å². The van der Waals surface area contributed by atoms with Crippen molar-refractivity contribution in [3.63, 3.8) is 0 Å². The van der Waals surface area contributed by atoms with Gasteiger partial charge in [0.15, 0.2) is 0 Å². The van der Waals surface area contributed by atoms with Crippen molar-refractivity contribution < 1.29 is 14.4 Å². The van der Waals surface area contributed by atoms with Gasteiger partial charge in [0.1, 0.15) is 5.41 Å². The van der Waals surface area contributed by atoms with Crippen LogP contribution in [0.2, 0.25) is 0 Å². The molecule has 0 aromatic heterocycles. The lowest BCUT2D eigenvalue weighted by atomic mass is 9.79. The summed E-state index contributed by atoms with van der Waals surface area (Å²) in [7, 11) is 0. The Balaban J connectivity index is 2.80. The van der Waals surface area contributed by atoms with E-state index in [1.54, 1.807) is 18.7 Å². The van der Waals surface area contributed by atoms with Gasteiger partial charge in [-0.2, -0.15) is 11.8 Å². The van der Waals surface area contributed by atoms with E-state index in [0.717, 1.165) is 12.2 Å². The Hall–Kier alpha value is -1.04. The maximum Gasteiger partial charge on any atom is 0.328 e.